The van der Waals surface area contributed by atoms with Crippen molar-refractivity contribution in [2.24, 2.45) is 4.99 Å². The van der Waals surface area contributed by atoms with Crippen LogP contribution in [0.15, 0.2) is 41.4 Å². The van der Waals surface area contributed by atoms with Crippen molar-refractivity contribution in [2.45, 2.75) is 31.7 Å². The Morgan fingerprint density at radius 2 is 1.71 bits per heavy atom. The van der Waals surface area contributed by atoms with Gasteiger partial charge in [-0.2, -0.15) is 0 Å². The van der Waals surface area contributed by atoms with E-state index in [1.54, 1.807) is 27.4 Å². The molecule has 0 heterocycles. The van der Waals surface area contributed by atoms with Crippen LogP contribution in [0, 0.1) is 5.82 Å². The Balaban J connectivity index is 0.00000341. The minimum Gasteiger partial charge on any atom is -0.493 e. The molecule has 1 aliphatic carbocycles. The fourth-order valence-electron chi connectivity index (χ4n) is 3.63. The van der Waals surface area contributed by atoms with Crippen molar-refractivity contribution >= 4 is 29.9 Å². The van der Waals surface area contributed by atoms with Crippen molar-refractivity contribution in [1.82, 2.24) is 10.6 Å². The summed E-state index contributed by atoms with van der Waals surface area (Å²) in [6.45, 7) is 3.76. The molecule has 1 saturated carbocycles. The number of hydrogen-bond acceptors (Lipinski definition) is 4. The smallest absolute Gasteiger partial charge is 0.203 e. The molecule has 2 aromatic rings. The van der Waals surface area contributed by atoms with E-state index in [9.17, 15) is 4.39 Å². The average molecular weight is 543 g/mol. The third kappa shape index (κ3) is 5.72. The van der Waals surface area contributed by atoms with Gasteiger partial charge in [0.15, 0.2) is 17.5 Å². The molecule has 0 unspecified atom stereocenters. The van der Waals surface area contributed by atoms with Crippen LogP contribution in [0.25, 0.3) is 0 Å². The van der Waals surface area contributed by atoms with Gasteiger partial charge in [-0.3, -0.25) is 0 Å². The molecule has 0 saturated heterocycles. The van der Waals surface area contributed by atoms with Crippen LogP contribution in [0.2, 0.25) is 0 Å². The lowest BCUT2D eigenvalue weighted by Gasteiger charge is -2.20. The van der Waals surface area contributed by atoms with Crippen molar-refractivity contribution in [1.29, 1.82) is 0 Å². The number of hydrogen-bond donors (Lipinski definition) is 2. The molecule has 0 radical (unpaired) electrons. The molecule has 0 atom stereocenters. The molecule has 0 bridgehead atoms. The molecule has 0 aliphatic heterocycles. The van der Waals surface area contributed by atoms with Gasteiger partial charge in [0.1, 0.15) is 5.82 Å². The van der Waals surface area contributed by atoms with Crippen LogP contribution in [0.5, 0.6) is 17.2 Å². The normalized spacial score (nSPS) is 14.3. The number of methoxy groups -OCH3 is 3. The van der Waals surface area contributed by atoms with Crippen molar-refractivity contribution < 1.29 is 18.6 Å². The van der Waals surface area contributed by atoms with Gasteiger partial charge in [0.2, 0.25) is 5.75 Å². The maximum Gasteiger partial charge on any atom is 0.203 e. The summed E-state index contributed by atoms with van der Waals surface area (Å²) in [5.74, 6) is 2.28. The van der Waals surface area contributed by atoms with Gasteiger partial charge in [-0.15, -0.1) is 24.0 Å². The zero-order chi connectivity index (χ0) is 21.6. The summed E-state index contributed by atoms with van der Waals surface area (Å²) in [5.41, 5.74) is 1.49. The Labute approximate surface area is 200 Å². The van der Waals surface area contributed by atoms with Crippen LogP contribution < -0.4 is 24.8 Å². The van der Waals surface area contributed by atoms with E-state index in [-0.39, 0.29) is 35.2 Å². The first-order chi connectivity index (χ1) is 14.6. The van der Waals surface area contributed by atoms with Gasteiger partial charge in [-0.25, -0.2) is 9.38 Å². The third-order valence-corrected chi connectivity index (χ3v) is 5.43. The number of nitrogens with one attached hydrogen (secondary N) is 2. The Morgan fingerprint density at radius 3 is 2.29 bits per heavy atom. The first kappa shape index (κ1) is 25.0. The summed E-state index contributed by atoms with van der Waals surface area (Å²) in [7, 11) is 4.77. The van der Waals surface area contributed by atoms with Crippen LogP contribution in [-0.4, -0.2) is 40.4 Å². The Bertz CT molecular complexity index is 904. The van der Waals surface area contributed by atoms with Gasteiger partial charge in [0.25, 0.3) is 0 Å². The van der Waals surface area contributed by atoms with Crippen LogP contribution in [0.1, 0.15) is 30.9 Å². The molecular weight excluding hydrogens is 512 g/mol. The highest BCUT2D eigenvalue weighted by Gasteiger charge is 2.45. The fourth-order valence-corrected chi connectivity index (χ4v) is 3.63. The van der Waals surface area contributed by atoms with Gasteiger partial charge in [-0.1, -0.05) is 18.2 Å². The Morgan fingerprint density at radius 1 is 1.00 bits per heavy atom. The lowest BCUT2D eigenvalue weighted by molar-refractivity contribution is 0.322. The van der Waals surface area contributed by atoms with Gasteiger partial charge >= 0.3 is 0 Å². The molecule has 3 rings (SSSR count). The summed E-state index contributed by atoms with van der Waals surface area (Å²) < 4.78 is 30.6. The molecular formula is C23H31FIN3O3. The highest BCUT2D eigenvalue weighted by molar-refractivity contribution is 14.0. The first-order valence-electron chi connectivity index (χ1n) is 10.1. The second-order valence-corrected chi connectivity index (χ2v) is 7.30. The highest BCUT2D eigenvalue weighted by Crippen LogP contribution is 2.48. The molecule has 8 heteroatoms. The average Bonchev–Trinajstić information content (AvgIpc) is 3.56. The summed E-state index contributed by atoms with van der Waals surface area (Å²) in [6.07, 6.45) is 1.92. The maximum atomic E-state index is 14.3. The second kappa shape index (κ2) is 11.4. The largest absolute Gasteiger partial charge is 0.493 e. The van der Waals surface area contributed by atoms with Crippen molar-refractivity contribution in [2.75, 3.05) is 34.4 Å². The fraction of sp³-hybridized carbons (Fsp3) is 0.435. The SMILES string of the molecule is CCNC(=NCc1ccc(OC)c(OC)c1OC)NCC1(c2ccccc2F)CC1.I. The van der Waals surface area contributed by atoms with Crippen molar-refractivity contribution in [3.63, 3.8) is 0 Å². The van der Waals surface area contributed by atoms with E-state index < -0.39 is 0 Å². The van der Waals surface area contributed by atoms with E-state index in [4.69, 9.17) is 19.2 Å². The molecule has 2 N–H and O–H groups in total. The van der Waals surface area contributed by atoms with E-state index in [1.807, 2.05) is 31.2 Å². The lowest BCUT2D eigenvalue weighted by Crippen LogP contribution is -2.41. The van der Waals surface area contributed by atoms with E-state index in [2.05, 4.69) is 10.6 Å². The van der Waals surface area contributed by atoms with Crippen molar-refractivity contribution in [3.8, 4) is 17.2 Å². The summed E-state index contributed by atoms with van der Waals surface area (Å²) in [4.78, 5) is 4.69. The van der Waals surface area contributed by atoms with Crippen LogP contribution in [0.3, 0.4) is 0 Å². The molecule has 0 amide bonds. The summed E-state index contributed by atoms with van der Waals surface area (Å²) in [6, 6.07) is 10.8. The quantitative estimate of drug-likeness (QED) is 0.281. The molecule has 31 heavy (non-hydrogen) atoms. The molecule has 1 aliphatic rings. The minimum atomic E-state index is -0.164. The standard InChI is InChI=1S/C23H30FN3O3.HI/c1-5-25-22(27-15-23(12-13-23)17-8-6-7-9-18(17)24)26-14-16-10-11-19(28-2)21(30-4)20(16)29-3;/h6-11H,5,12-15H2,1-4H3,(H2,25,26,27);1H. The lowest BCUT2D eigenvalue weighted by atomic mass is 9.95. The number of ether oxygens (including phenoxy) is 3. The molecule has 170 valence electrons. The number of guanidine groups is 1. The summed E-state index contributed by atoms with van der Waals surface area (Å²) in [5, 5.41) is 6.64. The topological polar surface area (TPSA) is 64.1 Å². The van der Waals surface area contributed by atoms with Crippen LogP contribution in [-0.2, 0) is 12.0 Å². The molecule has 0 spiro atoms. The van der Waals surface area contributed by atoms with Gasteiger partial charge in [0.05, 0.1) is 27.9 Å². The number of halogens is 2. The van der Waals surface area contributed by atoms with Crippen molar-refractivity contribution in [3.05, 3.63) is 53.3 Å². The monoisotopic (exact) mass is 543 g/mol. The minimum absolute atomic E-state index is 0. The zero-order valence-corrected chi connectivity index (χ0v) is 20.8. The number of aliphatic imine (C=N–C) groups is 1. The molecule has 0 aromatic heterocycles. The van der Waals surface area contributed by atoms with Gasteiger partial charge in [-0.05, 0) is 43.5 Å². The first-order valence-corrected chi connectivity index (χ1v) is 10.1. The number of benzene rings is 2. The molecule has 1 fully saturated rings. The van der Waals surface area contributed by atoms with E-state index in [0.717, 1.165) is 30.5 Å². The number of rotatable bonds is 9. The predicted molar refractivity (Wildman–Crippen MR) is 132 cm³/mol. The van der Waals surface area contributed by atoms with Gasteiger partial charge in [0, 0.05) is 24.1 Å². The Kier molecular flexibility index (Phi) is 9.21. The van der Waals surface area contributed by atoms with E-state index in [1.165, 1.54) is 6.07 Å². The van der Waals surface area contributed by atoms with Crippen LogP contribution >= 0.6 is 24.0 Å². The van der Waals surface area contributed by atoms with Crippen LogP contribution in [0.4, 0.5) is 4.39 Å². The molecule has 6 nitrogen and oxygen atoms in total. The molecule has 2 aromatic carbocycles. The van der Waals surface area contributed by atoms with E-state index in [0.29, 0.717) is 36.3 Å². The summed E-state index contributed by atoms with van der Waals surface area (Å²) >= 11 is 0. The van der Waals surface area contributed by atoms with Gasteiger partial charge < -0.3 is 24.8 Å². The highest BCUT2D eigenvalue weighted by atomic mass is 127. The second-order valence-electron chi connectivity index (χ2n) is 7.30. The third-order valence-electron chi connectivity index (χ3n) is 5.43. The maximum absolute atomic E-state index is 14.3. The Hall–Kier alpha value is -2.23. The number of nitrogens with zero attached hydrogens (tertiary/aromatic N) is 1. The zero-order valence-electron chi connectivity index (χ0n) is 18.5. The predicted octanol–water partition coefficient (Wildman–Crippen LogP) is 4.26. The van der Waals surface area contributed by atoms with E-state index >= 15 is 0 Å².